The minimum absolute atomic E-state index is 0.0437. The van der Waals surface area contributed by atoms with E-state index in [1.807, 2.05) is 12.1 Å². The van der Waals surface area contributed by atoms with Crippen molar-refractivity contribution < 1.29 is 14.3 Å². The van der Waals surface area contributed by atoms with Gasteiger partial charge in [-0.1, -0.05) is 13.8 Å². The summed E-state index contributed by atoms with van der Waals surface area (Å²) in [4.78, 5) is 16.9. The van der Waals surface area contributed by atoms with Gasteiger partial charge in [0.1, 0.15) is 11.6 Å². The van der Waals surface area contributed by atoms with Gasteiger partial charge in [0.15, 0.2) is 11.5 Å². The number of Topliss-reactive ketones (excluding diaryl/α,β-unsaturated/α-hetero) is 1. The molecule has 0 amide bonds. The molecular weight excluding hydrogens is 342 g/mol. The van der Waals surface area contributed by atoms with Gasteiger partial charge in [-0.2, -0.15) is 5.10 Å². The SMILES string of the molecule is COc1cc2c(cc1OC)C(NN=C1CC(=O)CC(C)(C)C1)=NC(C)(C)C2. The number of aliphatic imine (C=N–C) groups is 1. The summed E-state index contributed by atoms with van der Waals surface area (Å²) < 4.78 is 10.9. The molecule has 1 aromatic carbocycles. The van der Waals surface area contributed by atoms with Gasteiger partial charge in [0, 0.05) is 24.1 Å². The van der Waals surface area contributed by atoms with Crippen molar-refractivity contribution in [1.29, 1.82) is 0 Å². The van der Waals surface area contributed by atoms with Crippen LogP contribution >= 0.6 is 0 Å². The van der Waals surface area contributed by atoms with Crippen molar-refractivity contribution in [1.82, 2.24) is 5.43 Å². The summed E-state index contributed by atoms with van der Waals surface area (Å²) in [6.07, 6.45) is 2.63. The van der Waals surface area contributed by atoms with Gasteiger partial charge in [0.05, 0.1) is 19.8 Å². The molecule has 1 aromatic rings. The van der Waals surface area contributed by atoms with Crippen LogP contribution in [0.5, 0.6) is 11.5 Å². The summed E-state index contributed by atoms with van der Waals surface area (Å²) in [5.41, 5.74) is 5.81. The summed E-state index contributed by atoms with van der Waals surface area (Å²) in [5.74, 6) is 2.31. The lowest BCUT2D eigenvalue weighted by molar-refractivity contribution is -0.120. The molecule has 0 unspecified atom stereocenters. The smallest absolute Gasteiger partial charge is 0.161 e. The Bertz CT molecular complexity index is 822. The number of hydrogen-bond acceptors (Lipinski definition) is 6. The third-order valence-corrected chi connectivity index (χ3v) is 4.98. The van der Waals surface area contributed by atoms with Crippen LogP contribution < -0.4 is 14.9 Å². The van der Waals surface area contributed by atoms with Crippen molar-refractivity contribution in [2.24, 2.45) is 15.5 Å². The van der Waals surface area contributed by atoms with Crippen molar-refractivity contribution in [2.45, 2.75) is 58.9 Å². The van der Waals surface area contributed by atoms with Gasteiger partial charge >= 0.3 is 0 Å². The van der Waals surface area contributed by atoms with E-state index in [4.69, 9.17) is 14.5 Å². The molecule has 1 fully saturated rings. The number of nitrogens with zero attached hydrogens (tertiary/aromatic N) is 2. The van der Waals surface area contributed by atoms with E-state index in [0.29, 0.717) is 30.2 Å². The van der Waals surface area contributed by atoms with Crippen LogP contribution in [-0.4, -0.2) is 37.1 Å². The number of carbonyl (C=O) groups excluding carboxylic acids is 1. The van der Waals surface area contributed by atoms with Crippen molar-refractivity contribution in [3.8, 4) is 11.5 Å². The largest absolute Gasteiger partial charge is 0.493 e. The monoisotopic (exact) mass is 371 g/mol. The zero-order valence-corrected chi connectivity index (χ0v) is 17.1. The molecule has 1 heterocycles. The molecule has 1 aliphatic heterocycles. The lowest BCUT2D eigenvalue weighted by Crippen LogP contribution is -2.36. The topological polar surface area (TPSA) is 72.3 Å². The standard InChI is InChI=1S/C21H29N3O3/c1-20(2)11-14(8-15(25)12-20)23-24-19-16-9-18(27-6)17(26-5)7-13(16)10-21(3,4)22-19/h7,9H,8,10-12H2,1-6H3,(H,22,24). The number of benzene rings is 1. The Hall–Kier alpha value is -2.37. The maximum atomic E-state index is 12.0. The first-order valence-corrected chi connectivity index (χ1v) is 9.31. The van der Waals surface area contributed by atoms with E-state index in [2.05, 4.69) is 38.2 Å². The summed E-state index contributed by atoms with van der Waals surface area (Å²) in [5, 5.41) is 4.56. The number of hydrogen-bond donors (Lipinski definition) is 1. The van der Waals surface area contributed by atoms with Gasteiger partial charge in [-0.25, -0.2) is 0 Å². The molecule has 1 N–H and O–H groups in total. The number of methoxy groups -OCH3 is 2. The highest BCUT2D eigenvalue weighted by molar-refractivity contribution is 6.06. The molecule has 3 rings (SSSR count). The highest BCUT2D eigenvalue weighted by Crippen LogP contribution is 2.36. The fourth-order valence-corrected chi connectivity index (χ4v) is 3.95. The number of ketones is 1. The molecule has 0 aromatic heterocycles. The Morgan fingerprint density at radius 2 is 1.70 bits per heavy atom. The van der Waals surface area contributed by atoms with Crippen LogP contribution in [-0.2, 0) is 11.2 Å². The Balaban J connectivity index is 1.94. The lowest BCUT2D eigenvalue weighted by atomic mass is 9.76. The quantitative estimate of drug-likeness (QED) is 0.825. The molecule has 2 aliphatic rings. The maximum absolute atomic E-state index is 12.0. The fourth-order valence-electron chi connectivity index (χ4n) is 3.95. The predicted octanol–water partition coefficient (Wildman–Crippen LogP) is 3.51. The van der Waals surface area contributed by atoms with E-state index in [1.165, 1.54) is 0 Å². The van der Waals surface area contributed by atoms with Crippen molar-refractivity contribution in [3.05, 3.63) is 23.3 Å². The van der Waals surface area contributed by atoms with E-state index in [0.717, 1.165) is 29.7 Å². The molecule has 0 radical (unpaired) electrons. The van der Waals surface area contributed by atoms with Crippen molar-refractivity contribution in [3.63, 3.8) is 0 Å². The summed E-state index contributed by atoms with van der Waals surface area (Å²) in [7, 11) is 3.26. The van der Waals surface area contributed by atoms with E-state index in [-0.39, 0.29) is 16.7 Å². The first-order valence-electron chi connectivity index (χ1n) is 9.31. The highest BCUT2D eigenvalue weighted by atomic mass is 16.5. The van der Waals surface area contributed by atoms with E-state index in [9.17, 15) is 4.79 Å². The average Bonchev–Trinajstić information content (AvgIpc) is 2.55. The van der Waals surface area contributed by atoms with Gasteiger partial charge in [0.2, 0.25) is 0 Å². The van der Waals surface area contributed by atoms with E-state index >= 15 is 0 Å². The zero-order valence-electron chi connectivity index (χ0n) is 17.1. The molecule has 0 atom stereocenters. The van der Waals surface area contributed by atoms with Crippen LogP contribution in [0, 0.1) is 5.41 Å². The molecule has 6 nitrogen and oxygen atoms in total. The van der Waals surface area contributed by atoms with Crippen LogP contribution in [0.25, 0.3) is 0 Å². The van der Waals surface area contributed by atoms with Gasteiger partial charge in [-0.15, -0.1) is 0 Å². The first kappa shape index (κ1) is 19.4. The second kappa shape index (κ2) is 6.98. The van der Waals surface area contributed by atoms with Crippen LogP contribution in [0.1, 0.15) is 58.1 Å². The van der Waals surface area contributed by atoms with Gasteiger partial charge in [-0.3, -0.25) is 15.2 Å². The summed E-state index contributed by atoms with van der Waals surface area (Å²) in [6, 6.07) is 3.94. The molecule has 6 heteroatoms. The molecule has 0 bridgehead atoms. The zero-order chi connectivity index (χ0) is 19.8. The Morgan fingerprint density at radius 1 is 1.04 bits per heavy atom. The minimum atomic E-state index is -0.253. The van der Waals surface area contributed by atoms with Crippen molar-refractivity contribution in [2.75, 3.05) is 14.2 Å². The number of fused-ring (bicyclic) bond motifs is 1. The Labute approximate surface area is 161 Å². The average molecular weight is 371 g/mol. The number of carbonyl (C=O) groups is 1. The molecular formula is C21H29N3O3. The fraction of sp³-hybridized carbons (Fsp3) is 0.571. The van der Waals surface area contributed by atoms with Crippen LogP contribution in [0.2, 0.25) is 0 Å². The second-order valence-corrected chi connectivity index (χ2v) is 8.84. The van der Waals surface area contributed by atoms with Crippen LogP contribution in [0.4, 0.5) is 0 Å². The van der Waals surface area contributed by atoms with Crippen LogP contribution in [0.15, 0.2) is 22.2 Å². The third kappa shape index (κ3) is 4.31. The second-order valence-electron chi connectivity index (χ2n) is 8.84. The number of ether oxygens (including phenoxy) is 2. The Morgan fingerprint density at radius 3 is 2.33 bits per heavy atom. The van der Waals surface area contributed by atoms with Crippen molar-refractivity contribution >= 4 is 17.3 Å². The predicted molar refractivity (Wildman–Crippen MR) is 107 cm³/mol. The number of rotatable bonds is 3. The van der Waals surface area contributed by atoms with Gasteiger partial charge in [-0.05, 0) is 49.8 Å². The number of hydrazone groups is 1. The maximum Gasteiger partial charge on any atom is 0.161 e. The molecule has 0 spiro atoms. The third-order valence-electron chi connectivity index (χ3n) is 4.98. The van der Waals surface area contributed by atoms with E-state index in [1.54, 1.807) is 14.2 Å². The number of amidine groups is 1. The summed E-state index contributed by atoms with van der Waals surface area (Å²) >= 11 is 0. The minimum Gasteiger partial charge on any atom is -0.493 e. The molecule has 146 valence electrons. The summed E-state index contributed by atoms with van der Waals surface area (Å²) in [6.45, 7) is 8.39. The van der Waals surface area contributed by atoms with Gasteiger partial charge in [0.25, 0.3) is 0 Å². The highest BCUT2D eigenvalue weighted by Gasteiger charge is 2.31. The first-order chi connectivity index (χ1) is 12.6. The van der Waals surface area contributed by atoms with Crippen LogP contribution in [0.3, 0.4) is 0 Å². The van der Waals surface area contributed by atoms with E-state index < -0.39 is 0 Å². The molecule has 0 saturated heterocycles. The normalized spacial score (nSPS) is 22.1. The Kier molecular flexibility index (Phi) is 5.02. The van der Waals surface area contributed by atoms with Gasteiger partial charge < -0.3 is 9.47 Å². The molecule has 1 saturated carbocycles. The molecule has 27 heavy (non-hydrogen) atoms. The lowest BCUT2D eigenvalue weighted by Gasteiger charge is -2.31. The molecule has 1 aliphatic carbocycles. The number of nitrogens with one attached hydrogen (secondary N) is 1.